The van der Waals surface area contributed by atoms with Gasteiger partial charge in [0.25, 0.3) is 0 Å². The van der Waals surface area contributed by atoms with Gasteiger partial charge < -0.3 is 20.3 Å². The molecule has 1 heterocycles. The average Bonchev–Trinajstić information content (AvgIpc) is 2.77. The number of aromatic carboxylic acids is 1. The van der Waals surface area contributed by atoms with Crippen LogP contribution in [0, 0.1) is 0 Å². The van der Waals surface area contributed by atoms with Crippen LogP contribution in [-0.2, 0) is 6.42 Å². The van der Waals surface area contributed by atoms with Gasteiger partial charge >= 0.3 is 5.97 Å². The topological polar surface area (TPSA) is 91.7 Å². The first-order valence-electron chi connectivity index (χ1n) is 9.38. The van der Waals surface area contributed by atoms with Crippen molar-refractivity contribution < 1.29 is 19.7 Å². The highest BCUT2D eigenvalue weighted by Gasteiger charge is 2.11. The third kappa shape index (κ3) is 7.22. The molecule has 0 aliphatic carbocycles. The fourth-order valence-corrected chi connectivity index (χ4v) is 3.08. The van der Waals surface area contributed by atoms with Crippen molar-refractivity contribution in [2.24, 2.45) is 0 Å². The van der Waals surface area contributed by atoms with Crippen LogP contribution in [-0.4, -0.2) is 41.4 Å². The minimum absolute atomic E-state index is 0. The van der Waals surface area contributed by atoms with Gasteiger partial charge in [0.1, 0.15) is 5.75 Å². The van der Waals surface area contributed by atoms with Gasteiger partial charge in [-0.15, -0.1) is 24.8 Å². The number of hydrogen-bond donors (Lipinski definition) is 3. The van der Waals surface area contributed by atoms with E-state index in [4.69, 9.17) is 9.84 Å². The van der Waals surface area contributed by atoms with Crippen molar-refractivity contribution in [3.63, 3.8) is 0 Å². The van der Waals surface area contributed by atoms with E-state index in [-0.39, 0.29) is 30.4 Å². The van der Waals surface area contributed by atoms with Crippen molar-refractivity contribution >= 4 is 30.8 Å². The summed E-state index contributed by atoms with van der Waals surface area (Å²) >= 11 is 0. The molecule has 0 bridgehead atoms. The highest BCUT2D eigenvalue weighted by Crippen LogP contribution is 2.31. The van der Waals surface area contributed by atoms with Gasteiger partial charge in [-0.1, -0.05) is 30.3 Å². The smallest absolute Gasteiger partial charge is 0.335 e. The Morgan fingerprint density at radius 2 is 1.87 bits per heavy atom. The van der Waals surface area contributed by atoms with Gasteiger partial charge in [0.2, 0.25) is 0 Å². The van der Waals surface area contributed by atoms with E-state index in [1.54, 1.807) is 24.5 Å². The number of carboxylic acid groups (broad SMARTS) is 1. The van der Waals surface area contributed by atoms with Crippen LogP contribution < -0.4 is 10.1 Å². The van der Waals surface area contributed by atoms with Gasteiger partial charge in [-0.25, -0.2) is 4.79 Å². The van der Waals surface area contributed by atoms with Gasteiger partial charge in [-0.2, -0.15) is 0 Å². The molecule has 0 saturated carbocycles. The number of pyridine rings is 1. The summed E-state index contributed by atoms with van der Waals surface area (Å²) < 4.78 is 5.36. The molecule has 166 valence electrons. The number of nitrogens with one attached hydrogen (secondary N) is 1. The van der Waals surface area contributed by atoms with Crippen LogP contribution in [0.5, 0.6) is 5.75 Å². The summed E-state index contributed by atoms with van der Waals surface area (Å²) in [6.45, 7) is 1.21. The lowest BCUT2D eigenvalue weighted by Gasteiger charge is -2.12. The molecule has 0 unspecified atom stereocenters. The number of carboxylic acids is 1. The van der Waals surface area contributed by atoms with Crippen LogP contribution >= 0.6 is 24.8 Å². The van der Waals surface area contributed by atoms with E-state index in [1.165, 1.54) is 18.7 Å². The number of methoxy groups -OCH3 is 1. The lowest BCUT2D eigenvalue weighted by molar-refractivity contribution is 0.0696. The molecule has 3 rings (SSSR count). The maximum atomic E-state index is 11.1. The van der Waals surface area contributed by atoms with E-state index in [2.05, 4.69) is 10.3 Å². The van der Waals surface area contributed by atoms with Crippen molar-refractivity contribution in [1.29, 1.82) is 0 Å². The molecule has 0 fully saturated rings. The number of ether oxygens (including phenoxy) is 1. The molecule has 1 atom stereocenters. The first-order chi connectivity index (χ1) is 14.1. The second-order valence-electron chi connectivity index (χ2n) is 6.67. The quantitative estimate of drug-likeness (QED) is 0.411. The van der Waals surface area contributed by atoms with Crippen LogP contribution in [0.4, 0.5) is 0 Å². The number of hydrogen-bond acceptors (Lipinski definition) is 5. The lowest BCUT2D eigenvalue weighted by Crippen LogP contribution is -2.23. The third-order valence-electron chi connectivity index (χ3n) is 4.71. The standard InChI is InChI=1S/C23H24N2O4.2ClH/c1-29-22-13-18(23(27)28)8-9-20(22)17-6-4-16(5-7-17)10-12-25-15-21(26)19-3-2-11-24-14-19;;/h2-9,11,13-14,21,25-26H,10,12,15H2,1H3,(H,27,28);2*1H/t21-;;/m0../s1. The molecular weight excluding hydrogens is 439 g/mol. The number of aliphatic hydroxyl groups is 1. The number of rotatable bonds is 9. The Hall–Kier alpha value is -2.64. The zero-order valence-corrected chi connectivity index (χ0v) is 18.7. The molecule has 0 saturated heterocycles. The van der Waals surface area contributed by atoms with Crippen molar-refractivity contribution in [1.82, 2.24) is 10.3 Å². The lowest BCUT2D eigenvalue weighted by atomic mass is 10.0. The Kier molecular flexibility index (Phi) is 11.0. The second-order valence-corrected chi connectivity index (χ2v) is 6.67. The molecule has 1 aromatic heterocycles. The Balaban J connectivity index is 0.00000240. The van der Waals surface area contributed by atoms with Gasteiger partial charge in [0.05, 0.1) is 18.8 Å². The van der Waals surface area contributed by atoms with Gasteiger partial charge in [-0.05, 0) is 48.4 Å². The van der Waals surface area contributed by atoms with E-state index in [0.717, 1.165) is 29.7 Å². The van der Waals surface area contributed by atoms with Crippen LogP contribution in [0.3, 0.4) is 0 Å². The molecule has 0 aliphatic rings. The van der Waals surface area contributed by atoms with Crippen LogP contribution in [0.25, 0.3) is 11.1 Å². The maximum Gasteiger partial charge on any atom is 0.335 e. The minimum Gasteiger partial charge on any atom is -0.496 e. The predicted molar refractivity (Wildman–Crippen MR) is 126 cm³/mol. The molecule has 3 aromatic rings. The number of aromatic nitrogens is 1. The fraction of sp³-hybridized carbons (Fsp3) is 0.217. The summed E-state index contributed by atoms with van der Waals surface area (Å²) in [7, 11) is 1.53. The molecule has 0 spiro atoms. The predicted octanol–water partition coefficient (Wildman–Crippen LogP) is 4.16. The second kappa shape index (κ2) is 12.9. The molecule has 0 aliphatic heterocycles. The molecule has 2 aromatic carbocycles. The first kappa shape index (κ1) is 26.4. The summed E-state index contributed by atoms with van der Waals surface area (Å²) in [6, 6.07) is 16.6. The number of benzene rings is 2. The normalized spacial score (nSPS) is 11.0. The van der Waals surface area contributed by atoms with Crippen LogP contribution in [0.2, 0.25) is 0 Å². The molecule has 3 N–H and O–H groups in total. The summed E-state index contributed by atoms with van der Waals surface area (Å²) in [5.74, 6) is -0.449. The average molecular weight is 465 g/mol. The number of carbonyl (C=O) groups is 1. The summed E-state index contributed by atoms with van der Waals surface area (Å²) in [5, 5.41) is 22.5. The van der Waals surface area contributed by atoms with E-state index >= 15 is 0 Å². The molecule has 6 nitrogen and oxygen atoms in total. The summed E-state index contributed by atoms with van der Waals surface area (Å²) in [5.41, 5.74) is 3.97. The Bertz CT molecular complexity index is 954. The summed E-state index contributed by atoms with van der Waals surface area (Å²) in [4.78, 5) is 15.1. The molecule has 0 radical (unpaired) electrons. The van der Waals surface area contributed by atoms with Crippen molar-refractivity contribution in [2.45, 2.75) is 12.5 Å². The Morgan fingerprint density at radius 3 is 2.48 bits per heavy atom. The van der Waals surface area contributed by atoms with E-state index < -0.39 is 12.1 Å². The molecule has 0 amide bonds. The minimum atomic E-state index is -0.980. The highest BCUT2D eigenvalue weighted by molar-refractivity contribution is 5.89. The molecular formula is C23H26Cl2N2O4. The maximum absolute atomic E-state index is 11.1. The first-order valence-corrected chi connectivity index (χ1v) is 9.38. The van der Waals surface area contributed by atoms with Gasteiger partial charge in [0.15, 0.2) is 0 Å². The number of nitrogens with zero attached hydrogens (tertiary/aromatic N) is 1. The zero-order valence-electron chi connectivity index (χ0n) is 17.0. The zero-order chi connectivity index (χ0) is 20.6. The van der Waals surface area contributed by atoms with Gasteiger partial charge in [-0.3, -0.25) is 4.98 Å². The number of halogens is 2. The van der Waals surface area contributed by atoms with Crippen molar-refractivity contribution in [2.75, 3.05) is 20.2 Å². The van der Waals surface area contributed by atoms with Crippen molar-refractivity contribution in [3.8, 4) is 16.9 Å². The van der Waals surface area contributed by atoms with E-state index in [1.807, 2.05) is 36.4 Å². The number of aliphatic hydroxyl groups excluding tert-OH is 1. The van der Waals surface area contributed by atoms with E-state index in [9.17, 15) is 9.90 Å². The van der Waals surface area contributed by atoms with Crippen LogP contribution in [0.1, 0.15) is 27.6 Å². The van der Waals surface area contributed by atoms with Gasteiger partial charge in [0, 0.05) is 30.1 Å². The Morgan fingerprint density at radius 1 is 1.13 bits per heavy atom. The SMILES string of the molecule is COc1cc(C(=O)O)ccc1-c1ccc(CCNC[C@H](O)c2cccnc2)cc1.Cl.Cl. The summed E-state index contributed by atoms with van der Waals surface area (Å²) in [6.07, 6.45) is 3.60. The van der Waals surface area contributed by atoms with Crippen LogP contribution in [0.15, 0.2) is 67.0 Å². The molecule has 31 heavy (non-hydrogen) atoms. The van der Waals surface area contributed by atoms with E-state index in [0.29, 0.717) is 12.3 Å². The Labute approximate surface area is 194 Å². The van der Waals surface area contributed by atoms with Crippen molar-refractivity contribution in [3.05, 3.63) is 83.7 Å². The highest BCUT2D eigenvalue weighted by atomic mass is 35.5. The molecule has 8 heteroatoms. The fourth-order valence-electron chi connectivity index (χ4n) is 3.08. The largest absolute Gasteiger partial charge is 0.496 e. The third-order valence-corrected chi connectivity index (χ3v) is 4.71. The monoisotopic (exact) mass is 464 g/mol.